The van der Waals surface area contributed by atoms with E-state index >= 15 is 0 Å². The number of benzene rings is 1. The largest absolute Gasteiger partial charge is 0.487 e. The first-order valence-electron chi connectivity index (χ1n) is 10.1. The smallest absolute Gasteiger partial charge is 0.230 e. The van der Waals surface area contributed by atoms with Crippen molar-refractivity contribution in [2.75, 3.05) is 13.1 Å². The van der Waals surface area contributed by atoms with Crippen LogP contribution in [0.25, 0.3) is 0 Å². The van der Waals surface area contributed by atoms with Crippen LogP contribution in [0.2, 0.25) is 0 Å². The van der Waals surface area contributed by atoms with Gasteiger partial charge in [-0.25, -0.2) is 9.37 Å². The van der Waals surface area contributed by atoms with Crippen molar-refractivity contribution in [3.8, 4) is 5.75 Å². The lowest BCUT2D eigenvalue weighted by molar-refractivity contribution is -0.129. The summed E-state index contributed by atoms with van der Waals surface area (Å²) in [6, 6.07) is 7.87. The van der Waals surface area contributed by atoms with Crippen LogP contribution < -0.4 is 4.74 Å². The van der Waals surface area contributed by atoms with Crippen molar-refractivity contribution in [3.63, 3.8) is 0 Å². The number of amides is 1. The quantitative estimate of drug-likeness (QED) is 0.622. The molecule has 0 spiro atoms. The molecule has 0 unspecified atom stereocenters. The van der Waals surface area contributed by atoms with Gasteiger partial charge in [0.05, 0.1) is 17.8 Å². The van der Waals surface area contributed by atoms with Crippen molar-refractivity contribution >= 4 is 5.91 Å². The molecule has 4 rings (SSSR count). The number of hydrogen-bond donors (Lipinski definition) is 2. The monoisotopic (exact) mass is 412 g/mol. The molecule has 3 heterocycles. The molecule has 3 aromatic rings. The number of likely N-dealkylation sites (tertiary alicyclic amines) is 1. The zero-order valence-electron chi connectivity index (χ0n) is 17.1. The maximum absolute atomic E-state index is 13.0. The Hall–Kier alpha value is -3.23. The van der Waals surface area contributed by atoms with E-state index in [1.54, 1.807) is 12.1 Å². The summed E-state index contributed by atoms with van der Waals surface area (Å²) < 4.78 is 18.6. The van der Waals surface area contributed by atoms with Gasteiger partial charge in [-0.05, 0) is 36.8 Å². The number of nitrogens with one attached hydrogen (secondary N) is 2. The van der Waals surface area contributed by atoms with Gasteiger partial charge in [0.2, 0.25) is 5.91 Å². The number of ether oxygens (including phenoxy) is 1. The zero-order chi connectivity index (χ0) is 21.1. The second kappa shape index (κ2) is 8.64. The number of nitrogens with zero attached hydrogens (tertiary/aromatic N) is 4. The van der Waals surface area contributed by atoms with Gasteiger partial charge in [-0.1, -0.05) is 13.8 Å². The van der Waals surface area contributed by atoms with Gasteiger partial charge < -0.3 is 9.64 Å². The fourth-order valence-corrected chi connectivity index (χ4v) is 3.48. The van der Waals surface area contributed by atoms with Crippen LogP contribution in [0.5, 0.6) is 5.75 Å². The minimum atomic E-state index is -0.296. The van der Waals surface area contributed by atoms with Crippen LogP contribution in [0, 0.1) is 5.82 Å². The molecule has 158 valence electrons. The van der Waals surface area contributed by atoms with Crippen LogP contribution in [-0.2, 0) is 17.8 Å². The lowest BCUT2D eigenvalue weighted by Crippen LogP contribution is -2.30. The molecule has 0 bridgehead atoms. The minimum Gasteiger partial charge on any atom is -0.487 e. The van der Waals surface area contributed by atoms with Gasteiger partial charge in [0.1, 0.15) is 24.0 Å². The summed E-state index contributed by atoms with van der Waals surface area (Å²) in [5.74, 6) is 2.08. The molecule has 9 heteroatoms. The Bertz CT molecular complexity index is 997. The molecule has 2 N–H and O–H groups in total. The first-order valence-corrected chi connectivity index (χ1v) is 10.1. The third-order valence-corrected chi connectivity index (χ3v) is 5.20. The maximum Gasteiger partial charge on any atom is 0.230 e. The Morgan fingerprint density at radius 1 is 1.27 bits per heavy atom. The highest BCUT2D eigenvalue weighted by Crippen LogP contribution is 2.27. The summed E-state index contributed by atoms with van der Waals surface area (Å²) in [6.07, 6.45) is 1.09. The lowest BCUT2D eigenvalue weighted by atomic mass is 10.1. The number of rotatable bonds is 7. The summed E-state index contributed by atoms with van der Waals surface area (Å²) in [5, 5.41) is 14.4. The van der Waals surface area contributed by atoms with E-state index in [-0.39, 0.29) is 30.0 Å². The van der Waals surface area contributed by atoms with Crippen LogP contribution >= 0.6 is 0 Å². The number of carbonyl (C=O) groups excluding carboxylic acids is 1. The molecule has 2 aromatic heterocycles. The van der Waals surface area contributed by atoms with E-state index in [0.717, 1.165) is 23.6 Å². The van der Waals surface area contributed by atoms with Crippen LogP contribution in [-0.4, -0.2) is 49.3 Å². The third-order valence-electron chi connectivity index (χ3n) is 5.20. The Labute approximate surface area is 173 Å². The number of aromatic nitrogens is 5. The van der Waals surface area contributed by atoms with Crippen molar-refractivity contribution in [2.24, 2.45) is 0 Å². The van der Waals surface area contributed by atoms with Gasteiger partial charge in [0.25, 0.3) is 0 Å². The molecule has 1 aliphatic heterocycles. The number of carbonyl (C=O) groups is 1. The van der Waals surface area contributed by atoms with E-state index in [2.05, 4.69) is 25.4 Å². The molecule has 1 fully saturated rings. The molecule has 0 aliphatic carbocycles. The molecule has 1 aromatic carbocycles. The van der Waals surface area contributed by atoms with E-state index < -0.39 is 0 Å². The first-order chi connectivity index (χ1) is 14.5. The average Bonchev–Trinajstić information content (AvgIpc) is 3.47. The molecule has 1 amide bonds. The predicted molar refractivity (Wildman–Crippen MR) is 107 cm³/mol. The van der Waals surface area contributed by atoms with Crippen molar-refractivity contribution in [1.29, 1.82) is 0 Å². The summed E-state index contributed by atoms with van der Waals surface area (Å²) in [4.78, 5) is 18.9. The average molecular weight is 412 g/mol. The van der Waals surface area contributed by atoms with Crippen LogP contribution in [0.3, 0.4) is 0 Å². The third kappa shape index (κ3) is 4.67. The highest BCUT2D eigenvalue weighted by Gasteiger charge is 2.29. The molecular formula is C21H25FN6O2. The Balaban J connectivity index is 1.29. The highest BCUT2D eigenvalue weighted by molar-refractivity contribution is 5.78. The molecular weight excluding hydrogens is 387 g/mol. The Morgan fingerprint density at radius 3 is 2.80 bits per heavy atom. The van der Waals surface area contributed by atoms with Gasteiger partial charge in [0, 0.05) is 24.9 Å². The molecule has 0 radical (unpaired) electrons. The minimum absolute atomic E-state index is 0.0411. The molecule has 1 atom stereocenters. The molecule has 1 saturated heterocycles. The summed E-state index contributed by atoms with van der Waals surface area (Å²) in [5.41, 5.74) is 1.76. The van der Waals surface area contributed by atoms with E-state index in [1.807, 2.05) is 24.8 Å². The maximum atomic E-state index is 13.0. The molecule has 1 aliphatic rings. The van der Waals surface area contributed by atoms with Crippen LogP contribution in [0.15, 0.2) is 30.3 Å². The van der Waals surface area contributed by atoms with Gasteiger partial charge in [0.15, 0.2) is 5.82 Å². The normalized spacial score (nSPS) is 16.4. The fraction of sp³-hybridized carbons (Fsp3) is 0.429. The summed E-state index contributed by atoms with van der Waals surface area (Å²) in [6.45, 7) is 5.68. The molecule has 8 nitrogen and oxygen atoms in total. The Kier molecular flexibility index (Phi) is 5.78. The van der Waals surface area contributed by atoms with Gasteiger partial charge in [-0.2, -0.15) is 10.2 Å². The van der Waals surface area contributed by atoms with E-state index in [4.69, 9.17) is 4.74 Å². The number of H-pyrrole nitrogens is 2. The van der Waals surface area contributed by atoms with Gasteiger partial charge in [-0.3, -0.25) is 15.0 Å². The van der Waals surface area contributed by atoms with Crippen molar-refractivity contribution in [1.82, 2.24) is 30.3 Å². The van der Waals surface area contributed by atoms with Crippen LogP contribution in [0.1, 0.15) is 55.1 Å². The number of aromatic amines is 2. The van der Waals surface area contributed by atoms with E-state index in [1.165, 1.54) is 12.1 Å². The Morgan fingerprint density at radius 2 is 2.07 bits per heavy atom. The van der Waals surface area contributed by atoms with E-state index in [9.17, 15) is 9.18 Å². The second-order valence-electron chi connectivity index (χ2n) is 7.86. The fourth-order valence-electron chi connectivity index (χ4n) is 3.48. The van der Waals surface area contributed by atoms with Crippen molar-refractivity contribution < 1.29 is 13.9 Å². The topological polar surface area (TPSA) is 99.8 Å². The second-order valence-corrected chi connectivity index (χ2v) is 7.86. The van der Waals surface area contributed by atoms with Crippen LogP contribution in [0.4, 0.5) is 4.39 Å². The SMILES string of the molecule is CC(C)c1n[nH]c(CC(=O)N2CC[C@@H](c3cc(COc4ccc(F)cc4)[nH]n3)C2)n1. The summed E-state index contributed by atoms with van der Waals surface area (Å²) in [7, 11) is 0. The van der Waals surface area contributed by atoms with E-state index in [0.29, 0.717) is 31.3 Å². The predicted octanol–water partition coefficient (Wildman–Crippen LogP) is 2.93. The molecule has 30 heavy (non-hydrogen) atoms. The molecule has 0 saturated carbocycles. The number of hydrogen-bond acceptors (Lipinski definition) is 5. The number of halogens is 1. The van der Waals surface area contributed by atoms with Crippen molar-refractivity contribution in [3.05, 3.63) is 59.2 Å². The zero-order valence-corrected chi connectivity index (χ0v) is 17.1. The summed E-state index contributed by atoms with van der Waals surface area (Å²) >= 11 is 0. The lowest BCUT2D eigenvalue weighted by Gasteiger charge is -2.15. The first kappa shape index (κ1) is 20.1. The van der Waals surface area contributed by atoms with Gasteiger partial charge in [-0.15, -0.1) is 0 Å². The standard InChI is InChI=1S/C21H25FN6O2/c1-13(2)21-23-19(26-27-21)10-20(29)28-8-7-14(11-28)18-9-16(24-25-18)12-30-17-5-3-15(22)4-6-17/h3-6,9,13-14H,7-8,10-12H2,1-2H3,(H,24,25)(H,23,26,27)/t14-/m1/s1. The van der Waals surface area contributed by atoms with Crippen molar-refractivity contribution in [2.45, 2.75) is 45.1 Å². The highest BCUT2D eigenvalue weighted by atomic mass is 19.1. The van der Waals surface area contributed by atoms with Gasteiger partial charge >= 0.3 is 0 Å².